The van der Waals surface area contributed by atoms with Gasteiger partial charge in [-0.1, -0.05) is 17.3 Å². The zero-order chi connectivity index (χ0) is 31.2. The summed E-state index contributed by atoms with van der Waals surface area (Å²) < 4.78 is 89.7. The number of hydrogen-bond donors (Lipinski definition) is 1. The maximum Gasteiger partial charge on any atom is 0.420 e. The number of alkyl halides is 3. The SMILES string of the molecule is COCCN(CCOC)CCS(=O)(=O)c1ccccc1Oc1ccc(-c2noc(N3C(=O)CNC3=O)n2)cc1C(F)(F)F. The first-order valence-corrected chi connectivity index (χ1v) is 14.5. The minimum absolute atomic E-state index is 0.128. The van der Waals surface area contributed by atoms with Crippen LogP contribution in [0.1, 0.15) is 5.56 Å². The number of sulfone groups is 1. The van der Waals surface area contributed by atoms with Crippen molar-refractivity contribution in [2.24, 2.45) is 0 Å². The van der Waals surface area contributed by atoms with Crippen molar-refractivity contribution in [1.82, 2.24) is 20.4 Å². The van der Waals surface area contributed by atoms with Crippen LogP contribution >= 0.6 is 0 Å². The van der Waals surface area contributed by atoms with E-state index in [9.17, 15) is 31.2 Å². The highest BCUT2D eigenvalue weighted by atomic mass is 32.2. The van der Waals surface area contributed by atoms with E-state index in [0.29, 0.717) is 37.3 Å². The maximum absolute atomic E-state index is 14.2. The van der Waals surface area contributed by atoms with Gasteiger partial charge in [0.2, 0.25) is 5.82 Å². The molecule has 3 aromatic rings. The van der Waals surface area contributed by atoms with Crippen LogP contribution in [-0.4, -0.2) is 94.8 Å². The Morgan fingerprint density at radius 2 is 1.72 bits per heavy atom. The first kappa shape index (κ1) is 31.9. The average Bonchev–Trinajstić information content (AvgIpc) is 3.58. The first-order chi connectivity index (χ1) is 20.4. The van der Waals surface area contributed by atoms with Crippen LogP contribution in [0.25, 0.3) is 11.4 Å². The summed E-state index contributed by atoms with van der Waals surface area (Å²) in [6, 6.07) is 6.97. The lowest BCUT2D eigenvalue weighted by Gasteiger charge is -2.22. The quantitative estimate of drug-likeness (QED) is 0.263. The molecule has 0 unspecified atom stereocenters. The molecule has 1 N–H and O–H groups in total. The van der Waals surface area contributed by atoms with Crippen molar-refractivity contribution in [3.63, 3.8) is 0 Å². The third kappa shape index (κ3) is 7.67. The van der Waals surface area contributed by atoms with Crippen LogP contribution in [0.4, 0.5) is 24.0 Å². The number of para-hydroxylation sites is 1. The Kier molecular flexibility index (Phi) is 10.0. The normalized spacial score (nSPS) is 14.0. The molecular weight excluding hydrogens is 599 g/mol. The molecule has 0 aliphatic carbocycles. The van der Waals surface area contributed by atoms with Gasteiger partial charge in [0.05, 0.1) is 31.1 Å². The van der Waals surface area contributed by atoms with E-state index in [-0.39, 0.29) is 40.9 Å². The predicted molar refractivity (Wildman–Crippen MR) is 144 cm³/mol. The van der Waals surface area contributed by atoms with E-state index < -0.39 is 45.3 Å². The second-order valence-corrected chi connectivity index (χ2v) is 11.3. The molecule has 0 spiro atoms. The zero-order valence-electron chi connectivity index (χ0n) is 23.1. The van der Waals surface area contributed by atoms with Crippen LogP contribution in [0, 0.1) is 0 Å². The number of nitrogens with one attached hydrogen (secondary N) is 1. The smallest absolute Gasteiger partial charge is 0.420 e. The van der Waals surface area contributed by atoms with Gasteiger partial charge < -0.3 is 24.1 Å². The van der Waals surface area contributed by atoms with Crippen LogP contribution in [0.3, 0.4) is 0 Å². The number of aromatic nitrogens is 2. The molecule has 0 saturated carbocycles. The van der Waals surface area contributed by atoms with Gasteiger partial charge in [-0.3, -0.25) is 9.69 Å². The van der Waals surface area contributed by atoms with Gasteiger partial charge >= 0.3 is 18.2 Å². The number of carbonyl (C=O) groups is 2. The van der Waals surface area contributed by atoms with Crippen LogP contribution in [0.15, 0.2) is 51.9 Å². The number of urea groups is 1. The van der Waals surface area contributed by atoms with Crippen molar-refractivity contribution in [3.05, 3.63) is 48.0 Å². The van der Waals surface area contributed by atoms with Gasteiger partial charge in [0.15, 0.2) is 9.84 Å². The van der Waals surface area contributed by atoms with Crippen LogP contribution in [0.2, 0.25) is 0 Å². The molecule has 1 aromatic heterocycles. The molecule has 13 nitrogen and oxygen atoms in total. The molecule has 0 atom stereocenters. The number of rotatable bonds is 14. The molecular formula is C26H28F3N5O8S. The summed E-state index contributed by atoms with van der Waals surface area (Å²) in [6.45, 7) is 1.49. The number of hydrogen-bond acceptors (Lipinski definition) is 11. The van der Waals surface area contributed by atoms with Crippen molar-refractivity contribution in [1.29, 1.82) is 0 Å². The number of amides is 3. The number of imide groups is 1. The van der Waals surface area contributed by atoms with Crippen molar-refractivity contribution in [2.75, 3.05) is 64.3 Å². The van der Waals surface area contributed by atoms with E-state index in [0.717, 1.165) is 6.07 Å². The predicted octanol–water partition coefficient (Wildman–Crippen LogP) is 2.97. The minimum atomic E-state index is -4.93. The van der Waals surface area contributed by atoms with Gasteiger partial charge in [-0.15, -0.1) is 0 Å². The van der Waals surface area contributed by atoms with Gasteiger partial charge in [-0.2, -0.15) is 23.1 Å². The lowest BCUT2D eigenvalue weighted by molar-refractivity contribution is -0.138. The molecule has 1 aliphatic heterocycles. The fourth-order valence-electron chi connectivity index (χ4n) is 4.06. The Labute approximate surface area is 244 Å². The monoisotopic (exact) mass is 627 g/mol. The number of halogens is 3. The highest BCUT2D eigenvalue weighted by Crippen LogP contribution is 2.41. The molecule has 1 fully saturated rings. The summed E-state index contributed by atoms with van der Waals surface area (Å²) in [5.74, 6) is -2.29. The number of anilines is 1. The third-order valence-corrected chi connectivity index (χ3v) is 8.02. The van der Waals surface area contributed by atoms with Crippen LogP contribution in [0.5, 0.6) is 11.5 Å². The molecule has 232 valence electrons. The second kappa shape index (κ2) is 13.5. The van der Waals surface area contributed by atoms with Gasteiger partial charge in [0.25, 0.3) is 5.91 Å². The fourth-order valence-corrected chi connectivity index (χ4v) is 5.49. The number of nitrogens with zero attached hydrogens (tertiary/aromatic N) is 4. The number of benzene rings is 2. The Balaban J connectivity index is 1.60. The molecule has 43 heavy (non-hydrogen) atoms. The number of carbonyl (C=O) groups excluding carboxylic acids is 2. The van der Waals surface area contributed by atoms with E-state index in [1.54, 1.807) is 0 Å². The van der Waals surface area contributed by atoms with Gasteiger partial charge in [0, 0.05) is 39.4 Å². The summed E-state index contributed by atoms with van der Waals surface area (Å²) in [5, 5.41) is 5.85. The molecule has 1 aliphatic rings. The zero-order valence-corrected chi connectivity index (χ0v) is 23.9. The average molecular weight is 628 g/mol. The Hall–Kier alpha value is -4.06. The largest absolute Gasteiger partial charge is 0.455 e. The van der Waals surface area contributed by atoms with E-state index in [1.807, 2.05) is 4.90 Å². The Morgan fingerprint density at radius 3 is 2.35 bits per heavy atom. The van der Waals surface area contributed by atoms with Crippen molar-refractivity contribution < 1.29 is 49.9 Å². The molecule has 2 heterocycles. The minimum Gasteiger partial charge on any atom is -0.455 e. The maximum atomic E-state index is 14.2. The first-order valence-electron chi connectivity index (χ1n) is 12.8. The van der Waals surface area contributed by atoms with E-state index in [1.165, 1.54) is 44.6 Å². The fraction of sp³-hybridized carbons (Fsp3) is 0.385. The second-order valence-electron chi connectivity index (χ2n) is 9.19. The van der Waals surface area contributed by atoms with E-state index in [2.05, 4.69) is 15.5 Å². The molecule has 4 rings (SSSR count). The molecule has 3 amide bonds. The summed E-state index contributed by atoms with van der Waals surface area (Å²) in [7, 11) is -0.948. The summed E-state index contributed by atoms with van der Waals surface area (Å²) >= 11 is 0. The Morgan fingerprint density at radius 1 is 1.02 bits per heavy atom. The van der Waals surface area contributed by atoms with Gasteiger partial charge in [-0.25, -0.2) is 13.2 Å². The summed E-state index contributed by atoms with van der Waals surface area (Å²) in [5.41, 5.74) is -1.40. The van der Waals surface area contributed by atoms with Crippen molar-refractivity contribution in [2.45, 2.75) is 11.1 Å². The summed E-state index contributed by atoms with van der Waals surface area (Å²) in [4.78, 5) is 29.7. The van der Waals surface area contributed by atoms with Crippen LogP contribution < -0.4 is 15.0 Å². The van der Waals surface area contributed by atoms with Crippen molar-refractivity contribution in [3.8, 4) is 22.9 Å². The molecule has 1 saturated heterocycles. The molecule has 17 heteroatoms. The van der Waals surface area contributed by atoms with Crippen molar-refractivity contribution >= 4 is 27.8 Å². The number of methoxy groups -OCH3 is 2. The van der Waals surface area contributed by atoms with E-state index in [4.69, 9.17) is 18.7 Å². The van der Waals surface area contributed by atoms with E-state index >= 15 is 0 Å². The molecule has 0 bridgehead atoms. The third-order valence-electron chi connectivity index (χ3n) is 6.30. The van der Waals surface area contributed by atoms with Gasteiger partial charge in [-0.05, 0) is 30.3 Å². The standard InChI is InChI=1S/C26H28F3N5O8S/c1-39-12-9-33(10-13-40-2)11-14-43(37,38)21-6-4-3-5-20(21)41-19-8-7-17(15-18(19)26(27,28)29)23-31-25(42-32-23)34-22(35)16-30-24(34)36/h3-8,15H,9-14,16H2,1-2H3,(H,30,36). The molecule has 0 radical (unpaired) electrons. The Bertz CT molecular complexity index is 1540. The van der Waals surface area contributed by atoms with Crippen LogP contribution in [-0.2, 0) is 30.3 Å². The molecule has 2 aromatic carbocycles. The highest BCUT2D eigenvalue weighted by molar-refractivity contribution is 7.91. The topological polar surface area (TPSA) is 153 Å². The lowest BCUT2D eigenvalue weighted by Crippen LogP contribution is -2.34. The summed E-state index contributed by atoms with van der Waals surface area (Å²) in [6.07, 6.45) is -4.93. The van der Waals surface area contributed by atoms with Gasteiger partial charge in [0.1, 0.15) is 16.4 Å². The highest BCUT2D eigenvalue weighted by Gasteiger charge is 2.37. The number of ether oxygens (including phenoxy) is 3. The lowest BCUT2D eigenvalue weighted by atomic mass is 10.1.